The summed E-state index contributed by atoms with van der Waals surface area (Å²) in [7, 11) is 0. The molecule has 0 fully saturated rings. The number of hydrogen-bond donors (Lipinski definition) is 2. The van der Waals surface area contributed by atoms with Gasteiger partial charge in [0.05, 0.1) is 16.9 Å². The molecular weight excluding hydrogens is 276 g/mol. The largest absolute Gasteiger partial charge is 0.393 e. The van der Waals surface area contributed by atoms with Crippen molar-refractivity contribution in [3.8, 4) is 0 Å². The zero-order chi connectivity index (χ0) is 14.0. The average Bonchev–Trinajstić information content (AvgIpc) is 2.76. The Balaban J connectivity index is 2.10. The van der Waals surface area contributed by atoms with Crippen LogP contribution >= 0.6 is 23.6 Å². The number of carbonyl (C=O) groups excluding carboxylic acids is 1. The van der Waals surface area contributed by atoms with Crippen LogP contribution in [0.1, 0.15) is 43.2 Å². The zero-order valence-corrected chi connectivity index (χ0v) is 12.9. The molecule has 19 heavy (non-hydrogen) atoms. The Bertz CT molecular complexity index is 482. The van der Waals surface area contributed by atoms with Crippen LogP contribution in [0.4, 0.5) is 0 Å². The second-order valence-corrected chi connectivity index (χ2v) is 6.85. The quantitative estimate of drug-likeness (QED) is 0.840. The average molecular weight is 296 g/mol. The highest BCUT2D eigenvalue weighted by Gasteiger charge is 2.29. The van der Waals surface area contributed by atoms with Gasteiger partial charge in [-0.1, -0.05) is 26.1 Å². The fourth-order valence-electron chi connectivity index (χ4n) is 2.66. The minimum absolute atomic E-state index is 0.0356. The molecule has 0 spiro atoms. The van der Waals surface area contributed by atoms with E-state index in [2.05, 4.69) is 16.8 Å². The van der Waals surface area contributed by atoms with Crippen LogP contribution in [0.2, 0.25) is 0 Å². The predicted molar refractivity (Wildman–Crippen MR) is 83.3 cm³/mol. The maximum atomic E-state index is 12.4. The molecule has 3 nitrogen and oxygen atoms in total. The van der Waals surface area contributed by atoms with Crippen LogP contribution in [0, 0.1) is 11.8 Å². The Labute approximate surface area is 123 Å². The smallest absolute Gasteiger partial charge is 0.230 e. The van der Waals surface area contributed by atoms with Gasteiger partial charge in [-0.15, -0.1) is 11.3 Å². The van der Waals surface area contributed by atoms with Crippen molar-refractivity contribution in [2.24, 2.45) is 17.6 Å². The Morgan fingerprint density at radius 2 is 2.32 bits per heavy atom. The molecule has 1 aliphatic carbocycles. The van der Waals surface area contributed by atoms with E-state index in [4.69, 9.17) is 18.0 Å². The summed E-state index contributed by atoms with van der Waals surface area (Å²) in [6, 6.07) is 2.24. The molecule has 1 aromatic heterocycles. The predicted octanol–water partition coefficient (Wildman–Crippen LogP) is 2.80. The summed E-state index contributed by atoms with van der Waals surface area (Å²) in [6.07, 6.45) is 3.25. The first-order valence-electron chi connectivity index (χ1n) is 6.66. The molecule has 0 aromatic carbocycles. The van der Waals surface area contributed by atoms with Gasteiger partial charge in [0.25, 0.3) is 0 Å². The van der Waals surface area contributed by atoms with Crippen LogP contribution in [0.25, 0.3) is 0 Å². The molecule has 1 amide bonds. The Morgan fingerprint density at radius 1 is 1.58 bits per heavy atom. The Hall–Kier alpha value is -0.940. The molecule has 3 N–H and O–H groups in total. The second-order valence-electron chi connectivity index (χ2n) is 5.38. The molecule has 0 saturated heterocycles. The van der Waals surface area contributed by atoms with Gasteiger partial charge in [0.15, 0.2) is 0 Å². The molecular formula is C14H20N2OS2. The number of rotatable bonds is 4. The Kier molecular flexibility index (Phi) is 4.58. The number of amides is 1. The van der Waals surface area contributed by atoms with Gasteiger partial charge in [0.1, 0.15) is 0 Å². The van der Waals surface area contributed by atoms with Crippen LogP contribution in [-0.4, -0.2) is 10.9 Å². The summed E-state index contributed by atoms with van der Waals surface area (Å²) >= 11 is 6.79. The lowest BCUT2D eigenvalue weighted by molar-refractivity contribution is -0.124. The molecule has 0 aliphatic heterocycles. The first-order valence-corrected chi connectivity index (χ1v) is 7.95. The van der Waals surface area contributed by atoms with Crippen LogP contribution in [0.15, 0.2) is 11.4 Å². The van der Waals surface area contributed by atoms with Gasteiger partial charge in [0.2, 0.25) is 5.91 Å². The van der Waals surface area contributed by atoms with Gasteiger partial charge in [-0.2, -0.15) is 0 Å². The van der Waals surface area contributed by atoms with Gasteiger partial charge < -0.3 is 11.1 Å². The molecule has 2 unspecified atom stereocenters. The SMILES string of the molecule is CC(C)C(C(=O)NC1CCCc2sccc21)C(N)=S. The van der Waals surface area contributed by atoms with Crippen LogP contribution in [-0.2, 0) is 11.2 Å². The number of carbonyl (C=O) groups is 1. The topological polar surface area (TPSA) is 55.1 Å². The molecule has 1 aromatic rings. The van der Waals surface area contributed by atoms with E-state index in [0.717, 1.165) is 19.3 Å². The third-order valence-electron chi connectivity index (χ3n) is 3.62. The maximum Gasteiger partial charge on any atom is 0.230 e. The van der Waals surface area contributed by atoms with Crippen LogP contribution in [0.5, 0.6) is 0 Å². The van der Waals surface area contributed by atoms with Gasteiger partial charge >= 0.3 is 0 Å². The highest BCUT2D eigenvalue weighted by molar-refractivity contribution is 7.80. The van der Waals surface area contributed by atoms with Crippen molar-refractivity contribution in [2.75, 3.05) is 0 Å². The van der Waals surface area contributed by atoms with Crippen LogP contribution < -0.4 is 11.1 Å². The number of fused-ring (bicyclic) bond motifs is 1. The van der Waals surface area contributed by atoms with Gasteiger partial charge in [-0.05, 0) is 42.2 Å². The fourth-order valence-corrected chi connectivity index (χ4v) is 4.03. The third kappa shape index (κ3) is 3.15. The number of hydrogen-bond acceptors (Lipinski definition) is 3. The Morgan fingerprint density at radius 3 is 2.95 bits per heavy atom. The number of thiophene rings is 1. The van der Waals surface area contributed by atoms with E-state index in [1.165, 1.54) is 10.4 Å². The van der Waals surface area contributed by atoms with Crippen molar-refractivity contribution < 1.29 is 4.79 Å². The third-order valence-corrected chi connectivity index (χ3v) is 4.87. The van der Waals surface area contributed by atoms with E-state index in [1.54, 1.807) is 11.3 Å². The molecule has 2 atom stereocenters. The highest BCUT2D eigenvalue weighted by Crippen LogP contribution is 2.33. The molecule has 104 valence electrons. The van der Waals surface area contributed by atoms with Crippen molar-refractivity contribution in [1.29, 1.82) is 0 Å². The van der Waals surface area contributed by atoms with Crippen molar-refractivity contribution in [2.45, 2.75) is 39.2 Å². The zero-order valence-electron chi connectivity index (χ0n) is 11.3. The first-order chi connectivity index (χ1) is 9.00. The van der Waals surface area contributed by atoms with E-state index in [0.29, 0.717) is 0 Å². The van der Waals surface area contributed by atoms with Gasteiger partial charge in [-0.3, -0.25) is 4.79 Å². The van der Waals surface area contributed by atoms with Crippen molar-refractivity contribution >= 4 is 34.5 Å². The summed E-state index contributed by atoms with van der Waals surface area (Å²) in [4.78, 5) is 14.0. The minimum Gasteiger partial charge on any atom is -0.393 e. The van der Waals surface area contributed by atoms with E-state index in [-0.39, 0.29) is 28.8 Å². The highest BCUT2D eigenvalue weighted by atomic mass is 32.1. The van der Waals surface area contributed by atoms with E-state index in [9.17, 15) is 4.79 Å². The molecule has 2 rings (SSSR count). The molecule has 5 heteroatoms. The van der Waals surface area contributed by atoms with E-state index < -0.39 is 0 Å². The summed E-state index contributed by atoms with van der Waals surface area (Å²) < 4.78 is 0. The normalized spacial score (nSPS) is 19.8. The summed E-state index contributed by atoms with van der Waals surface area (Å²) in [5, 5.41) is 5.22. The number of thiocarbonyl (C=S) groups is 1. The first kappa shape index (κ1) is 14.5. The number of aryl methyl sites for hydroxylation is 1. The molecule has 1 heterocycles. The molecule has 0 saturated carbocycles. The van der Waals surface area contributed by atoms with E-state index >= 15 is 0 Å². The lowest BCUT2D eigenvalue weighted by Gasteiger charge is -2.27. The maximum absolute atomic E-state index is 12.4. The number of nitrogens with two attached hydrogens (primary N) is 1. The van der Waals surface area contributed by atoms with Crippen LogP contribution in [0.3, 0.4) is 0 Å². The van der Waals surface area contributed by atoms with Crippen molar-refractivity contribution in [1.82, 2.24) is 5.32 Å². The monoisotopic (exact) mass is 296 g/mol. The summed E-state index contributed by atoms with van der Waals surface area (Å²) in [5.74, 6) is -0.284. The minimum atomic E-state index is -0.376. The van der Waals surface area contributed by atoms with E-state index in [1.807, 2.05) is 13.8 Å². The molecule has 1 aliphatic rings. The number of nitrogens with one attached hydrogen (secondary N) is 1. The molecule has 0 radical (unpaired) electrons. The second kappa shape index (κ2) is 6.01. The lowest BCUT2D eigenvalue weighted by Crippen LogP contribution is -2.42. The van der Waals surface area contributed by atoms with Crippen molar-refractivity contribution in [3.05, 3.63) is 21.9 Å². The van der Waals surface area contributed by atoms with Gasteiger partial charge in [-0.25, -0.2) is 0 Å². The summed E-state index contributed by atoms with van der Waals surface area (Å²) in [6.45, 7) is 3.95. The lowest BCUT2D eigenvalue weighted by atomic mass is 9.91. The summed E-state index contributed by atoms with van der Waals surface area (Å²) in [5.41, 5.74) is 6.96. The standard InChI is InChI=1S/C14H20N2OS2/c1-8(2)12(13(15)18)14(17)16-10-4-3-5-11-9(10)6-7-19-11/h6-8,10,12H,3-5H2,1-2H3,(H2,15,18)(H,16,17). The van der Waals surface area contributed by atoms with Gasteiger partial charge in [0, 0.05) is 4.88 Å². The fraction of sp³-hybridized carbons (Fsp3) is 0.571. The molecule has 0 bridgehead atoms. The van der Waals surface area contributed by atoms with Crippen molar-refractivity contribution in [3.63, 3.8) is 0 Å².